The van der Waals surface area contributed by atoms with Gasteiger partial charge in [-0.15, -0.1) is 0 Å². The second-order valence-corrected chi connectivity index (χ2v) is 11.7. The Kier molecular flexibility index (Phi) is 8.49. The van der Waals surface area contributed by atoms with Crippen molar-refractivity contribution < 1.29 is 31.8 Å². The van der Waals surface area contributed by atoms with Crippen molar-refractivity contribution in [2.24, 2.45) is 0 Å². The minimum absolute atomic E-state index is 0.0379. The fourth-order valence-electron chi connectivity index (χ4n) is 6.45. The van der Waals surface area contributed by atoms with E-state index in [0.29, 0.717) is 29.7 Å². The van der Waals surface area contributed by atoms with Crippen molar-refractivity contribution in [2.45, 2.75) is 43.5 Å². The summed E-state index contributed by atoms with van der Waals surface area (Å²) in [6.07, 6.45) is -3.41. The summed E-state index contributed by atoms with van der Waals surface area (Å²) in [5, 5.41) is 20.9. The van der Waals surface area contributed by atoms with Crippen molar-refractivity contribution in [3.8, 4) is 23.2 Å². The van der Waals surface area contributed by atoms with Gasteiger partial charge in [-0.3, -0.25) is 9.80 Å². The van der Waals surface area contributed by atoms with Crippen LogP contribution in [0.3, 0.4) is 0 Å². The number of alkyl halides is 4. The minimum Gasteiger partial charge on any atom is -0.463 e. The molecule has 0 radical (unpaired) electrons. The van der Waals surface area contributed by atoms with Crippen molar-refractivity contribution in [3.05, 3.63) is 54.8 Å². The molecule has 0 amide bonds. The number of aromatic nitrogens is 2. The number of benzene rings is 2. The maximum absolute atomic E-state index is 14.2. The van der Waals surface area contributed by atoms with Gasteiger partial charge in [-0.25, -0.2) is 4.39 Å². The predicted molar refractivity (Wildman–Crippen MR) is 165 cm³/mol. The highest BCUT2D eigenvalue weighted by Gasteiger charge is 2.36. The number of hydrogen-bond donors (Lipinski definition) is 2. The van der Waals surface area contributed by atoms with Crippen LogP contribution in [0.4, 0.5) is 29.1 Å². The maximum Gasteiger partial charge on any atom is 0.417 e. The Bertz CT molecular complexity index is 1810. The number of likely N-dealkylation sites (tertiary alicyclic amines) is 1. The van der Waals surface area contributed by atoms with E-state index >= 15 is 0 Å². The standard InChI is InChI=1S/C32H33F4N7O3/c1-3-27(44)43-10-9-42(16-20(43)6-8-37)30-28-26(39-31(40-30)46-17-21-12-18(33)15-41(21)2)14-23(22-7-11-45-29(22)28)24-13-19(38)4-5-25(24)32(34,35)36/h3-5,7,11,13-14,18,20-21,27,44H,1,6,9-10,12,15-17,38H2,2H3/t18-,20+,21+,27?/m1/s1. The zero-order valence-electron chi connectivity index (χ0n) is 25.0. The first kappa shape index (κ1) is 31.5. The third kappa shape index (κ3) is 5.93. The largest absolute Gasteiger partial charge is 0.463 e. The number of halogens is 4. The smallest absolute Gasteiger partial charge is 0.417 e. The Morgan fingerprint density at radius 3 is 2.70 bits per heavy atom. The molecule has 0 spiro atoms. The van der Waals surface area contributed by atoms with E-state index in [4.69, 9.17) is 19.9 Å². The van der Waals surface area contributed by atoms with Crippen LogP contribution in [0.25, 0.3) is 33.0 Å². The van der Waals surface area contributed by atoms with Crippen LogP contribution >= 0.6 is 0 Å². The monoisotopic (exact) mass is 639 g/mol. The van der Waals surface area contributed by atoms with Crippen molar-refractivity contribution >= 4 is 33.4 Å². The van der Waals surface area contributed by atoms with E-state index in [2.05, 4.69) is 17.6 Å². The minimum atomic E-state index is -4.66. The predicted octanol–water partition coefficient (Wildman–Crippen LogP) is 4.97. The molecule has 2 saturated heterocycles. The number of furan rings is 1. The number of nitrogens with zero attached hydrogens (tertiary/aromatic N) is 6. The van der Waals surface area contributed by atoms with Crippen molar-refractivity contribution in [1.29, 1.82) is 5.26 Å². The summed E-state index contributed by atoms with van der Waals surface area (Å²) < 4.78 is 68.6. The Morgan fingerprint density at radius 1 is 1.20 bits per heavy atom. The zero-order chi connectivity index (χ0) is 32.7. The molecule has 3 N–H and O–H groups in total. The molecule has 0 bridgehead atoms. The fraction of sp³-hybridized carbons (Fsp3) is 0.406. The average Bonchev–Trinajstić information content (AvgIpc) is 3.64. The van der Waals surface area contributed by atoms with Gasteiger partial charge in [0.05, 0.1) is 35.2 Å². The number of aliphatic hydroxyl groups excluding tert-OH is 1. The summed E-state index contributed by atoms with van der Waals surface area (Å²) in [5.41, 5.74) is 5.86. The molecule has 2 aliphatic heterocycles. The molecule has 6 rings (SSSR count). The van der Waals surface area contributed by atoms with E-state index in [0.717, 1.165) is 6.07 Å². The van der Waals surface area contributed by atoms with Gasteiger partial charge in [0.2, 0.25) is 0 Å². The lowest BCUT2D eigenvalue weighted by molar-refractivity contribution is -0.137. The number of ether oxygens (including phenoxy) is 1. The van der Waals surface area contributed by atoms with Crippen LogP contribution in [0, 0.1) is 11.3 Å². The molecule has 0 aliphatic carbocycles. The molecule has 2 aliphatic rings. The molecule has 0 saturated carbocycles. The topological polar surface area (TPSA) is 128 Å². The molecular weight excluding hydrogens is 606 g/mol. The quantitative estimate of drug-likeness (QED) is 0.155. The van der Waals surface area contributed by atoms with E-state index in [9.17, 15) is 27.9 Å². The first-order valence-electron chi connectivity index (χ1n) is 14.8. The van der Waals surface area contributed by atoms with Crippen LogP contribution in [0.1, 0.15) is 18.4 Å². The number of fused-ring (bicyclic) bond motifs is 3. The van der Waals surface area contributed by atoms with Gasteiger partial charge in [-0.05, 0) is 61.0 Å². The summed E-state index contributed by atoms with van der Waals surface area (Å²) in [6, 6.07) is 8.08. The number of piperazine rings is 1. The van der Waals surface area contributed by atoms with Crippen LogP contribution in [0.2, 0.25) is 0 Å². The molecule has 4 heterocycles. The third-order valence-electron chi connectivity index (χ3n) is 8.75. The number of hydrogen-bond acceptors (Lipinski definition) is 10. The van der Waals surface area contributed by atoms with Crippen LogP contribution in [0.5, 0.6) is 6.01 Å². The number of nitriles is 1. The Balaban J connectivity index is 1.51. The summed E-state index contributed by atoms with van der Waals surface area (Å²) in [6.45, 7) is 5.08. The van der Waals surface area contributed by atoms with Crippen molar-refractivity contribution in [1.82, 2.24) is 19.8 Å². The van der Waals surface area contributed by atoms with Crippen LogP contribution in [-0.2, 0) is 6.18 Å². The number of anilines is 2. The van der Waals surface area contributed by atoms with E-state index in [1.54, 1.807) is 24.1 Å². The molecule has 2 aromatic carbocycles. The van der Waals surface area contributed by atoms with Crippen LogP contribution in [-0.4, -0.2) is 89.2 Å². The first-order valence-corrected chi connectivity index (χ1v) is 14.8. The maximum atomic E-state index is 14.2. The molecule has 4 atom stereocenters. The summed E-state index contributed by atoms with van der Waals surface area (Å²) in [7, 11) is 1.80. The average molecular weight is 640 g/mol. The van der Waals surface area contributed by atoms with Gasteiger partial charge in [0.1, 0.15) is 30.4 Å². The van der Waals surface area contributed by atoms with Gasteiger partial charge in [-0.2, -0.15) is 28.4 Å². The highest BCUT2D eigenvalue weighted by Crippen LogP contribution is 2.44. The van der Waals surface area contributed by atoms with E-state index in [1.807, 2.05) is 9.80 Å². The summed E-state index contributed by atoms with van der Waals surface area (Å²) >= 11 is 0. The van der Waals surface area contributed by atoms with Crippen LogP contribution in [0.15, 0.2) is 53.7 Å². The molecule has 1 unspecified atom stereocenters. The lowest BCUT2D eigenvalue weighted by Crippen LogP contribution is -2.56. The van der Waals surface area contributed by atoms with Gasteiger partial charge < -0.3 is 24.9 Å². The molecule has 46 heavy (non-hydrogen) atoms. The zero-order valence-corrected chi connectivity index (χ0v) is 25.0. The Labute approximate surface area is 262 Å². The third-order valence-corrected chi connectivity index (χ3v) is 8.75. The second-order valence-electron chi connectivity index (χ2n) is 11.7. The Hall–Kier alpha value is -4.45. The van der Waals surface area contributed by atoms with Gasteiger partial charge in [-0.1, -0.05) is 6.58 Å². The Morgan fingerprint density at radius 2 is 2.00 bits per heavy atom. The lowest BCUT2D eigenvalue weighted by Gasteiger charge is -2.42. The lowest BCUT2D eigenvalue weighted by atomic mass is 9.94. The highest BCUT2D eigenvalue weighted by molar-refractivity contribution is 6.14. The normalized spacial score (nSPS) is 21.9. The number of aliphatic hydroxyl groups is 1. The van der Waals surface area contributed by atoms with Crippen molar-refractivity contribution in [2.75, 3.05) is 50.5 Å². The number of nitrogens with two attached hydrogens (primary N) is 1. The van der Waals surface area contributed by atoms with Gasteiger partial charge >= 0.3 is 12.2 Å². The van der Waals surface area contributed by atoms with Crippen molar-refractivity contribution in [3.63, 3.8) is 0 Å². The van der Waals surface area contributed by atoms with Gasteiger partial charge in [0.25, 0.3) is 0 Å². The van der Waals surface area contributed by atoms with E-state index in [1.165, 1.54) is 24.5 Å². The number of nitrogen functional groups attached to an aromatic ring is 1. The molecule has 14 heteroatoms. The number of likely N-dealkylation sites (N-methyl/N-ethyl adjacent to an activating group) is 1. The van der Waals surface area contributed by atoms with Crippen LogP contribution < -0.4 is 15.4 Å². The van der Waals surface area contributed by atoms with E-state index < -0.39 is 24.1 Å². The van der Waals surface area contributed by atoms with E-state index in [-0.39, 0.29) is 78.5 Å². The number of rotatable bonds is 8. The fourth-order valence-corrected chi connectivity index (χ4v) is 6.45. The molecule has 2 fully saturated rings. The molecule has 4 aromatic rings. The van der Waals surface area contributed by atoms with Gasteiger partial charge in [0, 0.05) is 49.3 Å². The SMILES string of the molecule is C=CC(O)N1CCN(c2nc(OC[C@@H]3C[C@@H](F)CN3C)nc3cc(-c4cc(N)ccc4C(F)(F)F)c4ccoc4c23)C[C@@H]1CC#N. The summed E-state index contributed by atoms with van der Waals surface area (Å²) in [5.74, 6) is 0.397. The van der Waals surface area contributed by atoms with Gasteiger partial charge in [0.15, 0.2) is 0 Å². The summed E-state index contributed by atoms with van der Waals surface area (Å²) in [4.78, 5) is 14.9. The molecule has 242 valence electrons. The molecule has 10 nitrogen and oxygen atoms in total. The first-order chi connectivity index (χ1) is 22.0. The molecular formula is C32H33F4N7O3. The highest BCUT2D eigenvalue weighted by atomic mass is 19.4. The second kappa shape index (κ2) is 12.4. The molecule has 2 aromatic heterocycles.